The van der Waals surface area contributed by atoms with Gasteiger partial charge in [0.1, 0.15) is 68.4 Å². The molecule has 20 heteroatoms. The number of rotatable bonds is 31. The van der Waals surface area contributed by atoms with Crippen molar-refractivity contribution in [3.8, 4) is 11.5 Å². The van der Waals surface area contributed by atoms with E-state index in [1.807, 2.05) is 34.6 Å². The summed E-state index contributed by atoms with van der Waals surface area (Å²) in [6, 6.07) is 12.6. The van der Waals surface area contributed by atoms with E-state index in [4.69, 9.17) is 42.6 Å². The summed E-state index contributed by atoms with van der Waals surface area (Å²) >= 11 is 0. The second kappa shape index (κ2) is 33.3. The molecule has 1 saturated heterocycles. The number of esters is 3. The molecule has 1 aliphatic rings. The molecule has 75 heavy (non-hydrogen) atoms. The lowest BCUT2D eigenvalue weighted by atomic mass is 9.91. The maximum Gasteiger partial charge on any atom is 0.407 e. The molecule has 1 atom stereocenters. The average molecular weight is 1060 g/mol. The summed E-state index contributed by atoms with van der Waals surface area (Å²) in [6.45, 7) is 26.1. The van der Waals surface area contributed by atoms with Crippen LogP contribution in [0.3, 0.4) is 0 Å². The Kier molecular flexibility index (Phi) is 29.8. The Hall–Kier alpha value is -5.83. The molecular weight excluding hydrogens is 977 g/mol. The number of alkyl carbamates (subject to hydrolysis) is 2. The van der Waals surface area contributed by atoms with Gasteiger partial charge in [0.2, 0.25) is 0 Å². The fourth-order valence-electron chi connectivity index (χ4n) is 5.26. The lowest BCUT2D eigenvalue weighted by Crippen LogP contribution is -2.32. The second-order valence-electron chi connectivity index (χ2n) is 20.5. The van der Waals surface area contributed by atoms with Crippen molar-refractivity contribution in [1.29, 1.82) is 0 Å². The molecule has 0 saturated carbocycles. The van der Waals surface area contributed by atoms with Crippen molar-refractivity contribution in [2.24, 2.45) is 16.2 Å². The van der Waals surface area contributed by atoms with Gasteiger partial charge in [0.05, 0.1) is 49.2 Å². The van der Waals surface area contributed by atoms with Crippen LogP contribution in [0.25, 0.3) is 0 Å². The highest BCUT2D eigenvalue weighted by Gasteiger charge is 2.30. The van der Waals surface area contributed by atoms with Crippen molar-refractivity contribution in [1.82, 2.24) is 10.6 Å². The molecule has 0 aliphatic carbocycles. The molecule has 1 aliphatic heterocycles. The van der Waals surface area contributed by atoms with Crippen molar-refractivity contribution >= 4 is 41.7 Å². The molecule has 2 aromatic carbocycles. The summed E-state index contributed by atoms with van der Waals surface area (Å²) in [5, 5.41) is 24.4. The fraction of sp³-hybridized carbons (Fsp3) is 0.655. The highest BCUT2D eigenvalue weighted by molar-refractivity contribution is 6.02. The van der Waals surface area contributed by atoms with Crippen LogP contribution in [0.1, 0.15) is 143 Å². The molecule has 424 valence electrons. The molecule has 20 nitrogen and oxygen atoms in total. The van der Waals surface area contributed by atoms with E-state index in [-0.39, 0.29) is 87.6 Å². The zero-order valence-electron chi connectivity index (χ0n) is 46.6. The highest BCUT2D eigenvalue weighted by Crippen LogP contribution is 2.24. The Morgan fingerprint density at radius 3 is 1.15 bits per heavy atom. The van der Waals surface area contributed by atoms with E-state index in [9.17, 15) is 43.8 Å². The summed E-state index contributed by atoms with van der Waals surface area (Å²) in [4.78, 5) is 82.2. The SMILES string of the molecule is CCC(C)(C)C(=O)OCCCCOCC1CO1.CCC(C)(C)C(=O)OCCNC(=O)OCCOc1ccc(C(=O)C(C)(C)O)cc1.CCC(C)(C)C(=O)OCCNC(=O)OCCOc1ccc(C(=O)C(C)(C)O)cc1. The third-order valence-electron chi connectivity index (χ3n) is 11.7. The van der Waals surface area contributed by atoms with E-state index in [1.165, 1.54) is 27.7 Å². The first kappa shape index (κ1) is 67.2. The molecule has 1 unspecified atom stereocenters. The Balaban J connectivity index is 0.000000583. The van der Waals surface area contributed by atoms with E-state index >= 15 is 0 Å². The molecule has 0 bridgehead atoms. The van der Waals surface area contributed by atoms with Crippen LogP contribution in [-0.4, -0.2) is 148 Å². The number of carbonyl (C=O) groups is 7. The number of ketones is 2. The molecule has 4 N–H and O–H groups in total. The van der Waals surface area contributed by atoms with Gasteiger partial charge in [-0.15, -0.1) is 0 Å². The van der Waals surface area contributed by atoms with Gasteiger partial charge in [-0.2, -0.15) is 0 Å². The first-order valence-electron chi connectivity index (χ1n) is 25.5. The van der Waals surface area contributed by atoms with Gasteiger partial charge in [-0.25, -0.2) is 9.59 Å². The third kappa shape index (κ3) is 28.6. The predicted molar refractivity (Wildman–Crippen MR) is 279 cm³/mol. The van der Waals surface area contributed by atoms with Gasteiger partial charge < -0.3 is 63.5 Å². The van der Waals surface area contributed by atoms with Crippen LogP contribution in [0.4, 0.5) is 9.59 Å². The smallest absolute Gasteiger partial charge is 0.407 e. The van der Waals surface area contributed by atoms with Crippen molar-refractivity contribution in [2.45, 2.75) is 139 Å². The van der Waals surface area contributed by atoms with Gasteiger partial charge in [-0.05, 0) is 150 Å². The molecule has 2 amide bonds. The van der Waals surface area contributed by atoms with Crippen LogP contribution in [-0.2, 0) is 47.5 Å². The lowest BCUT2D eigenvalue weighted by molar-refractivity contribution is -0.154. The van der Waals surface area contributed by atoms with Crippen molar-refractivity contribution in [2.75, 3.05) is 79.2 Å². The minimum atomic E-state index is -1.44. The van der Waals surface area contributed by atoms with Crippen LogP contribution < -0.4 is 20.1 Å². The summed E-state index contributed by atoms with van der Waals surface area (Å²) < 4.78 is 46.6. The van der Waals surface area contributed by atoms with Crippen LogP contribution in [0.5, 0.6) is 11.5 Å². The molecule has 3 rings (SSSR count). The minimum absolute atomic E-state index is 0.0266. The molecule has 0 spiro atoms. The number of unbranched alkanes of at least 4 members (excludes halogenated alkanes) is 1. The van der Waals surface area contributed by atoms with Gasteiger partial charge in [-0.3, -0.25) is 24.0 Å². The number of hydrogen-bond donors (Lipinski definition) is 4. The number of benzene rings is 2. The number of Topliss-reactive ketones (excluding diaryl/α,β-unsaturated/α-hetero) is 2. The van der Waals surface area contributed by atoms with E-state index in [0.717, 1.165) is 25.9 Å². The molecule has 0 aromatic heterocycles. The van der Waals surface area contributed by atoms with Gasteiger partial charge in [0.15, 0.2) is 11.6 Å². The summed E-state index contributed by atoms with van der Waals surface area (Å²) in [6.07, 6.45) is 2.98. The number of hydrogen-bond acceptors (Lipinski definition) is 18. The maximum atomic E-state index is 11.9. The Labute approximate surface area is 443 Å². The number of amides is 2. The van der Waals surface area contributed by atoms with Crippen LogP contribution in [0.2, 0.25) is 0 Å². The molecule has 1 heterocycles. The summed E-state index contributed by atoms with van der Waals surface area (Å²) in [7, 11) is 0. The molecule has 1 fully saturated rings. The van der Waals surface area contributed by atoms with Crippen LogP contribution >= 0.6 is 0 Å². The van der Waals surface area contributed by atoms with Crippen molar-refractivity contribution in [3.05, 3.63) is 59.7 Å². The number of carbonyl (C=O) groups excluding carboxylic acids is 7. The van der Waals surface area contributed by atoms with Crippen LogP contribution in [0.15, 0.2) is 48.5 Å². The quantitative estimate of drug-likeness (QED) is 0.0186. The fourth-order valence-corrected chi connectivity index (χ4v) is 5.26. The predicted octanol–water partition coefficient (Wildman–Crippen LogP) is 7.61. The van der Waals surface area contributed by atoms with Gasteiger partial charge in [0, 0.05) is 17.7 Å². The maximum absolute atomic E-state index is 11.9. The van der Waals surface area contributed by atoms with Crippen molar-refractivity contribution < 1.29 is 86.4 Å². The molecular formula is C55H86N2O18. The minimum Gasteiger partial charge on any atom is -0.490 e. The highest BCUT2D eigenvalue weighted by atomic mass is 16.6. The monoisotopic (exact) mass is 1060 g/mol. The Morgan fingerprint density at radius 1 is 0.493 bits per heavy atom. The average Bonchev–Trinajstić information content (AvgIpc) is 4.20. The standard InChI is InChI=1S/2C21H31NO7.C13H24O4/c2*1-6-20(2,3)18(24)28-12-11-22-19(25)29-14-13-27-16-9-7-15(8-10-16)17(23)21(4,5)26;1-4-13(2,3)12(14)16-8-6-5-7-15-9-11-10-17-11/h2*7-10,26H,6,11-14H2,1-5H3,(H,22,25);11H,4-10H2,1-3H3. The van der Waals surface area contributed by atoms with E-state index < -0.39 is 34.2 Å². The lowest BCUT2D eigenvalue weighted by Gasteiger charge is -2.20. The largest absolute Gasteiger partial charge is 0.490 e. The van der Waals surface area contributed by atoms with E-state index in [1.54, 1.807) is 76.2 Å². The molecule has 0 radical (unpaired) electrons. The number of epoxide rings is 1. The number of nitrogens with one attached hydrogen (secondary N) is 2. The third-order valence-corrected chi connectivity index (χ3v) is 11.7. The Morgan fingerprint density at radius 2 is 0.827 bits per heavy atom. The van der Waals surface area contributed by atoms with Crippen molar-refractivity contribution in [3.63, 3.8) is 0 Å². The van der Waals surface area contributed by atoms with Crippen LogP contribution in [0, 0.1) is 16.2 Å². The number of ether oxygens (including phenoxy) is 9. The van der Waals surface area contributed by atoms with E-state index in [0.29, 0.717) is 61.4 Å². The first-order chi connectivity index (χ1) is 35.0. The zero-order valence-corrected chi connectivity index (χ0v) is 46.6. The first-order valence-corrected chi connectivity index (χ1v) is 25.5. The summed E-state index contributed by atoms with van der Waals surface area (Å²) in [5.74, 6) is -0.468. The van der Waals surface area contributed by atoms with Gasteiger partial charge in [-0.1, -0.05) is 20.8 Å². The second-order valence-corrected chi connectivity index (χ2v) is 20.5. The summed E-state index contributed by atoms with van der Waals surface area (Å²) in [5.41, 5.74) is -3.57. The van der Waals surface area contributed by atoms with Gasteiger partial charge in [0.25, 0.3) is 0 Å². The molecule has 2 aromatic rings. The zero-order chi connectivity index (χ0) is 56.9. The van der Waals surface area contributed by atoms with E-state index in [2.05, 4.69) is 10.6 Å². The topological polar surface area (TPSA) is 270 Å². The van der Waals surface area contributed by atoms with Gasteiger partial charge >= 0.3 is 30.1 Å². The Bertz CT molecular complexity index is 1930. The normalized spacial score (nSPS) is 13.2. The number of aliphatic hydroxyl groups is 2.